The summed E-state index contributed by atoms with van der Waals surface area (Å²) in [6.45, 7) is 2.13. The van der Waals surface area contributed by atoms with Gasteiger partial charge < -0.3 is 9.47 Å². The Balaban J connectivity index is 2.20. The van der Waals surface area contributed by atoms with Gasteiger partial charge in [-0.1, -0.05) is 0 Å². The monoisotopic (exact) mass is 263 g/mol. The number of aromatic nitrogens is 1. The van der Waals surface area contributed by atoms with Gasteiger partial charge in [0.25, 0.3) is 0 Å². The molecule has 0 saturated carbocycles. The lowest BCUT2D eigenvalue weighted by Gasteiger charge is -2.00. The molecule has 5 heteroatoms. The van der Waals surface area contributed by atoms with Crippen molar-refractivity contribution in [3.8, 4) is 17.0 Å². The Bertz CT molecular complexity index is 533. The van der Waals surface area contributed by atoms with Crippen molar-refractivity contribution in [2.45, 2.75) is 6.92 Å². The first-order valence-corrected chi connectivity index (χ1v) is 6.39. The van der Waals surface area contributed by atoms with Gasteiger partial charge in [0.15, 0.2) is 0 Å². The fraction of sp³-hybridized carbons (Fsp3) is 0.231. The van der Waals surface area contributed by atoms with Crippen LogP contribution in [0.1, 0.15) is 16.7 Å². The van der Waals surface area contributed by atoms with Gasteiger partial charge in [-0.3, -0.25) is 0 Å². The third kappa shape index (κ3) is 2.68. The standard InChI is InChI=1S/C13H13NO3S/c1-3-17-13(15)12-14-11(8-18-12)9-4-6-10(16-2)7-5-9/h4-8H,3H2,1-2H3. The molecule has 94 valence electrons. The van der Waals surface area contributed by atoms with Crippen LogP contribution in [-0.2, 0) is 4.74 Å². The fourth-order valence-electron chi connectivity index (χ4n) is 1.45. The van der Waals surface area contributed by atoms with Crippen LogP contribution in [0.5, 0.6) is 5.75 Å². The van der Waals surface area contributed by atoms with E-state index in [0.717, 1.165) is 17.0 Å². The highest BCUT2D eigenvalue weighted by Crippen LogP contribution is 2.24. The van der Waals surface area contributed by atoms with Crippen LogP contribution in [0.15, 0.2) is 29.6 Å². The normalized spacial score (nSPS) is 10.1. The molecule has 18 heavy (non-hydrogen) atoms. The SMILES string of the molecule is CCOC(=O)c1nc(-c2ccc(OC)cc2)cs1. The van der Waals surface area contributed by atoms with Crippen molar-refractivity contribution in [1.82, 2.24) is 4.98 Å². The van der Waals surface area contributed by atoms with E-state index >= 15 is 0 Å². The Morgan fingerprint density at radius 1 is 1.33 bits per heavy atom. The van der Waals surface area contributed by atoms with Crippen LogP contribution in [0.2, 0.25) is 0 Å². The maximum Gasteiger partial charge on any atom is 0.367 e. The van der Waals surface area contributed by atoms with Crippen molar-refractivity contribution < 1.29 is 14.3 Å². The summed E-state index contributed by atoms with van der Waals surface area (Å²) in [5.41, 5.74) is 1.72. The fourth-order valence-corrected chi connectivity index (χ4v) is 2.17. The number of methoxy groups -OCH3 is 1. The minimum absolute atomic E-state index is 0.357. The second-order valence-electron chi connectivity index (χ2n) is 3.49. The predicted molar refractivity (Wildman–Crippen MR) is 70.1 cm³/mol. The molecule has 1 heterocycles. The number of ether oxygens (including phenoxy) is 2. The van der Waals surface area contributed by atoms with Gasteiger partial charge in [-0.15, -0.1) is 11.3 Å². The molecule has 0 radical (unpaired) electrons. The number of benzene rings is 1. The minimum atomic E-state index is -0.373. The number of esters is 1. The van der Waals surface area contributed by atoms with Crippen LogP contribution < -0.4 is 4.74 Å². The minimum Gasteiger partial charge on any atom is -0.497 e. The molecule has 0 unspecified atom stereocenters. The highest BCUT2D eigenvalue weighted by atomic mass is 32.1. The number of hydrogen-bond donors (Lipinski definition) is 0. The topological polar surface area (TPSA) is 48.4 Å². The zero-order chi connectivity index (χ0) is 13.0. The van der Waals surface area contributed by atoms with E-state index < -0.39 is 0 Å². The van der Waals surface area contributed by atoms with Crippen LogP contribution in [0.3, 0.4) is 0 Å². The van der Waals surface area contributed by atoms with Crippen molar-refractivity contribution in [2.75, 3.05) is 13.7 Å². The third-order valence-corrected chi connectivity index (χ3v) is 3.16. The summed E-state index contributed by atoms with van der Waals surface area (Å²) in [5.74, 6) is 0.418. The Morgan fingerprint density at radius 2 is 2.06 bits per heavy atom. The van der Waals surface area contributed by atoms with E-state index in [2.05, 4.69) is 4.98 Å². The lowest BCUT2D eigenvalue weighted by Crippen LogP contribution is -2.03. The van der Waals surface area contributed by atoms with Crippen molar-refractivity contribution in [3.05, 3.63) is 34.7 Å². The predicted octanol–water partition coefficient (Wildman–Crippen LogP) is 3.00. The van der Waals surface area contributed by atoms with E-state index in [1.54, 1.807) is 14.0 Å². The number of hydrogen-bond acceptors (Lipinski definition) is 5. The zero-order valence-electron chi connectivity index (χ0n) is 10.2. The summed E-state index contributed by atoms with van der Waals surface area (Å²) in [6, 6.07) is 7.53. The lowest BCUT2D eigenvalue weighted by molar-refractivity contribution is 0.0526. The number of thiazole rings is 1. The maximum atomic E-state index is 11.5. The summed E-state index contributed by atoms with van der Waals surface area (Å²) in [4.78, 5) is 15.8. The molecule has 2 aromatic rings. The average molecular weight is 263 g/mol. The van der Waals surface area contributed by atoms with Crippen molar-refractivity contribution in [2.24, 2.45) is 0 Å². The summed E-state index contributed by atoms with van der Waals surface area (Å²) < 4.78 is 9.99. The second-order valence-corrected chi connectivity index (χ2v) is 4.34. The van der Waals surface area contributed by atoms with E-state index in [9.17, 15) is 4.79 Å². The van der Waals surface area contributed by atoms with E-state index in [-0.39, 0.29) is 5.97 Å². The molecule has 0 atom stereocenters. The Labute approximate surface area is 109 Å². The van der Waals surface area contributed by atoms with Gasteiger partial charge in [0.1, 0.15) is 5.75 Å². The zero-order valence-corrected chi connectivity index (χ0v) is 11.0. The molecule has 1 aromatic heterocycles. The second kappa shape index (κ2) is 5.64. The average Bonchev–Trinajstić information content (AvgIpc) is 2.89. The van der Waals surface area contributed by atoms with E-state index in [1.807, 2.05) is 29.6 Å². The van der Waals surface area contributed by atoms with Crippen molar-refractivity contribution >= 4 is 17.3 Å². The summed E-state index contributed by atoms with van der Waals surface area (Å²) >= 11 is 1.29. The molecule has 0 aliphatic rings. The molecule has 0 N–H and O–H groups in total. The van der Waals surface area contributed by atoms with E-state index in [4.69, 9.17) is 9.47 Å². The number of nitrogens with zero attached hydrogens (tertiary/aromatic N) is 1. The van der Waals surface area contributed by atoms with Crippen LogP contribution in [0, 0.1) is 0 Å². The van der Waals surface area contributed by atoms with E-state index in [1.165, 1.54) is 11.3 Å². The molecule has 0 aliphatic carbocycles. The molecule has 0 amide bonds. The number of carbonyl (C=O) groups excluding carboxylic acids is 1. The first-order chi connectivity index (χ1) is 8.74. The van der Waals surface area contributed by atoms with Crippen molar-refractivity contribution in [1.29, 1.82) is 0 Å². The highest BCUT2D eigenvalue weighted by molar-refractivity contribution is 7.11. The molecule has 1 aromatic carbocycles. The first kappa shape index (κ1) is 12.6. The quantitative estimate of drug-likeness (QED) is 0.796. The van der Waals surface area contributed by atoms with Crippen molar-refractivity contribution in [3.63, 3.8) is 0 Å². The smallest absolute Gasteiger partial charge is 0.367 e. The molecule has 0 fully saturated rings. The molecule has 0 aliphatic heterocycles. The number of carbonyl (C=O) groups is 1. The molecular formula is C13H13NO3S. The van der Waals surface area contributed by atoms with Gasteiger partial charge in [-0.05, 0) is 31.2 Å². The maximum absolute atomic E-state index is 11.5. The number of rotatable bonds is 4. The van der Waals surface area contributed by atoms with Gasteiger partial charge in [0, 0.05) is 10.9 Å². The molecule has 0 saturated heterocycles. The Hall–Kier alpha value is -1.88. The van der Waals surface area contributed by atoms with Gasteiger partial charge in [-0.2, -0.15) is 0 Å². The third-order valence-electron chi connectivity index (χ3n) is 2.34. The Morgan fingerprint density at radius 3 is 2.67 bits per heavy atom. The van der Waals surface area contributed by atoms with Crippen LogP contribution >= 0.6 is 11.3 Å². The van der Waals surface area contributed by atoms with Gasteiger partial charge in [-0.25, -0.2) is 9.78 Å². The molecule has 4 nitrogen and oxygen atoms in total. The summed E-state index contributed by atoms with van der Waals surface area (Å²) in [6.07, 6.45) is 0. The highest BCUT2D eigenvalue weighted by Gasteiger charge is 2.12. The van der Waals surface area contributed by atoms with E-state index in [0.29, 0.717) is 11.6 Å². The van der Waals surface area contributed by atoms with Gasteiger partial charge in [0.05, 0.1) is 19.4 Å². The van der Waals surface area contributed by atoms with Crippen LogP contribution in [0.25, 0.3) is 11.3 Å². The molecular weight excluding hydrogens is 250 g/mol. The van der Waals surface area contributed by atoms with Crippen LogP contribution in [0.4, 0.5) is 0 Å². The largest absolute Gasteiger partial charge is 0.497 e. The van der Waals surface area contributed by atoms with Crippen LogP contribution in [-0.4, -0.2) is 24.7 Å². The summed E-state index contributed by atoms with van der Waals surface area (Å²) in [7, 11) is 1.62. The Kier molecular flexibility index (Phi) is 3.94. The van der Waals surface area contributed by atoms with Gasteiger partial charge in [0.2, 0.25) is 5.01 Å². The molecule has 0 spiro atoms. The molecule has 2 rings (SSSR count). The molecule has 0 bridgehead atoms. The summed E-state index contributed by atoms with van der Waals surface area (Å²) in [5, 5.41) is 2.22. The lowest BCUT2D eigenvalue weighted by atomic mass is 10.2. The first-order valence-electron chi connectivity index (χ1n) is 5.51. The van der Waals surface area contributed by atoms with Gasteiger partial charge >= 0.3 is 5.97 Å².